The van der Waals surface area contributed by atoms with Crippen LogP contribution in [0.4, 0.5) is 0 Å². The Labute approximate surface area is 132 Å². The molecule has 4 nitrogen and oxygen atoms in total. The van der Waals surface area contributed by atoms with Crippen molar-refractivity contribution < 1.29 is 5.11 Å². The van der Waals surface area contributed by atoms with Gasteiger partial charge in [0.05, 0.1) is 10.7 Å². The molecule has 0 aliphatic heterocycles. The fraction of sp³-hybridized carbons (Fsp3) is 0.333. The number of H-pyrrole nitrogens is 1. The number of aromatic nitrogens is 2. The number of phenols is 1. The van der Waals surface area contributed by atoms with Crippen molar-refractivity contribution in [3.8, 4) is 5.75 Å². The molecule has 21 heavy (non-hydrogen) atoms. The lowest BCUT2D eigenvalue weighted by Gasteiger charge is -2.09. The fourth-order valence-corrected chi connectivity index (χ4v) is 2.71. The molecule has 1 aromatic carbocycles. The van der Waals surface area contributed by atoms with Crippen molar-refractivity contribution in [2.75, 3.05) is 6.26 Å². The van der Waals surface area contributed by atoms with Gasteiger partial charge >= 0.3 is 0 Å². The maximum absolute atomic E-state index is 12.3. The monoisotopic (exact) mass is 324 g/mol. The molecule has 0 aliphatic carbocycles. The second kappa shape index (κ2) is 7.00. The van der Waals surface area contributed by atoms with Crippen molar-refractivity contribution in [2.24, 2.45) is 0 Å². The minimum Gasteiger partial charge on any atom is -0.506 e. The molecule has 0 bridgehead atoms. The third-order valence-corrected chi connectivity index (χ3v) is 4.04. The molecule has 0 saturated carbocycles. The maximum Gasteiger partial charge on any atom is 0.255 e. The van der Waals surface area contributed by atoms with Crippen LogP contribution in [0.5, 0.6) is 5.75 Å². The van der Waals surface area contributed by atoms with E-state index in [1.165, 1.54) is 17.8 Å². The summed E-state index contributed by atoms with van der Waals surface area (Å²) in [5, 5.41) is 10.4. The number of hydrogen-bond donors (Lipinski definition) is 2. The van der Waals surface area contributed by atoms with Crippen LogP contribution in [-0.2, 0) is 12.8 Å². The predicted octanol–water partition coefficient (Wildman–Crippen LogP) is 3.39. The highest BCUT2D eigenvalue weighted by Crippen LogP contribution is 2.25. The van der Waals surface area contributed by atoms with E-state index in [4.69, 9.17) is 11.6 Å². The number of aromatic hydroxyl groups is 1. The standard InChI is InChI=1S/C15H17ClN2O2S/c1-3-4-12-10(14(20)18-15(17-12)21-2)7-9-5-6-13(19)11(16)8-9/h5-6,8,19H,3-4,7H2,1-2H3,(H,17,18,20). The summed E-state index contributed by atoms with van der Waals surface area (Å²) >= 11 is 7.34. The number of rotatable bonds is 5. The third-order valence-electron chi connectivity index (χ3n) is 3.15. The minimum atomic E-state index is -0.109. The first kappa shape index (κ1) is 15.9. The largest absolute Gasteiger partial charge is 0.506 e. The van der Waals surface area contributed by atoms with E-state index in [0.29, 0.717) is 17.1 Å². The third kappa shape index (κ3) is 3.80. The van der Waals surface area contributed by atoms with Gasteiger partial charge in [0.25, 0.3) is 5.56 Å². The molecule has 0 fully saturated rings. The van der Waals surface area contributed by atoms with Crippen LogP contribution in [-0.4, -0.2) is 21.3 Å². The number of aryl methyl sites for hydroxylation is 1. The van der Waals surface area contributed by atoms with Gasteiger partial charge in [-0.05, 0) is 30.4 Å². The molecule has 0 spiro atoms. The molecule has 0 radical (unpaired) electrons. The fourth-order valence-electron chi connectivity index (χ4n) is 2.11. The Hall–Kier alpha value is -1.46. The highest BCUT2D eigenvalue weighted by Gasteiger charge is 2.12. The molecule has 1 aromatic heterocycles. The van der Waals surface area contributed by atoms with E-state index in [9.17, 15) is 9.90 Å². The van der Waals surface area contributed by atoms with E-state index in [-0.39, 0.29) is 16.3 Å². The van der Waals surface area contributed by atoms with Gasteiger partial charge in [0.2, 0.25) is 0 Å². The number of benzene rings is 1. The van der Waals surface area contributed by atoms with Crippen molar-refractivity contribution in [2.45, 2.75) is 31.3 Å². The van der Waals surface area contributed by atoms with E-state index < -0.39 is 0 Å². The Bertz CT molecular complexity index is 701. The SMILES string of the molecule is CCCc1nc(SC)[nH]c(=O)c1Cc1ccc(O)c(Cl)c1. The van der Waals surface area contributed by atoms with Gasteiger partial charge in [-0.25, -0.2) is 4.98 Å². The number of halogens is 1. The van der Waals surface area contributed by atoms with Gasteiger partial charge in [-0.2, -0.15) is 0 Å². The smallest absolute Gasteiger partial charge is 0.255 e. The second-order valence-electron chi connectivity index (χ2n) is 4.71. The molecule has 0 aliphatic rings. The summed E-state index contributed by atoms with van der Waals surface area (Å²) in [4.78, 5) is 19.5. The first-order chi connectivity index (χ1) is 10.0. The maximum atomic E-state index is 12.3. The zero-order valence-corrected chi connectivity index (χ0v) is 13.5. The average Bonchev–Trinajstić information content (AvgIpc) is 2.46. The average molecular weight is 325 g/mol. The van der Waals surface area contributed by atoms with Crippen LogP contribution in [0.25, 0.3) is 0 Å². The molecule has 0 unspecified atom stereocenters. The lowest BCUT2D eigenvalue weighted by Crippen LogP contribution is -2.19. The molecule has 112 valence electrons. The number of nitrogens with zero attached hydrogens (tertiary/aromatic N) is 1. The van der Waals surface area contributed by atoms with Crippen molar-refractivity contribution in [1.29, 1.82) is 0 Å². The predicted molar refractivity (Wildman–Crippen MR) is 86.6 cm³/mol. The van der Waals surface area contributed by atoms with E-state index in [0.717, 1.165) is 24.1 Å². The Balaban J connectivity index is 2.42. The summed E-state index contributed by atoms with van der Waals surface area (Å²) in [5.41, 5.74) is 2.26. The van der Waals surface area contributed by atoms with Crippen LogP contribution >= 0.6 is 23.4 Å². The molecular weight excluding hydrogens is 308 g/mol. The summed E-state index contributed by atoms with van der Waals surface area (Å²) in [6.07, 6.45) is 4.02. The molecule has 1 heterocycles. The summed E-state index contributed by atoms with van der Waals surface area (Å²) in [6, 6.07) is 4.97. The number of nitrogens with one attached hydrogen (secondary N) is 1. The van der Waals surface area contributed by atoms with Crippen molar-refractivity contribution in [1.82, 2.24) is 9.97 Å². The highest BCUT2D eigenvalue weighted by atomic mass is 35.5. The van der Waals surface area contributed by atoms with Gasteiger partial charge in [-0.1, -0.05) is 42.8 Å². The zero-order valence-electron chi connectivity index (χ0n) is 11.9. The summed E-state index contributed by atoms with van der Waals surface area (Å²) in [5.74, 6) is 0.0407. The molecule has 0 amide bonds. The molecule has 2 rings (SSSR count). The zero-order chi connectivity index (χ0) is 15.4. The Kier molecular flexibility index (Phi) is 5.31. The first-order valence-corrected chi connectivity index (χ1v) is 8.28. The quantitative estimate of drug-likeness (QED) is 0.653. The number of phenolic OH excluding ortho intramolecular Hbond substituents is 1. The van der Waals surface area contributed by atoms with Gasteiger partial charge in [0.1, 0.15) is 5.75 Å². The van der Waals surface area contributed by atoms with Gasteiger partial charge in [0.15, 0.2) is 5.16 Å². The summed E-state index contributed by atoms with van der Waals surface area (Å²) < 4.78 is 0. The highest BCUT2D eigenvalue weighted by molar-refractivity contribution is 7.98. The molecule has 2 N–H and O–H groups in total. The number of hydrogen-bond acceptors (Lipinski definition) is 4. The Morgan fingerprint density at radius 2 is 2.19 bits per heavy atom. The number of thioether (sulfide) groups is 1. The minimum absolute atomic E-state index is 0.0407. The summed E-state index contributed by atoms with van der Waals surface area (Å²) in [6.45, 7) is 2.06. The van der Waals surface area contributed by atoms with Crippen LogP contribution in [0.1, 0.15) is 30.2 Å². The molecule has 0 saturated heterocycles. The van der Waals surface area contributed by atoms with Crippen LogP contribution < -0.4 is 5.56 Å². The first-order valence-electron chi connectivity index (χ1n) is 6.68. The van der Waals surface area contributed by atoms with Crippen LogP contribution in [0.15, 0.2) is 28.2 Å². The van der Waals surface area contributed by atoms with Gasteiger partial charge in [-0.3, -0.25) is 4.79 Å². The van der Waals surface area contributed by atoms with Crippen molar-refractivity contribution in [3.63, 3.8) is 0 Å². The van der Waals surface area contributed by atoms with Crippen LogP contribution in [0, 0.1) is 0 Å². The van der Waals surface area contributed by atoms with E-state index in [1.807, 2.05) is 6.26 Å². The normalized spacial score (nSPS) is 10.8. The van der Waals surface area contributed by atoms with Crippen molar-refractivity contribution >= 4 is 23.4 Å². The van der Waals surface area contributed by atoms with Crippen molar-refractivity contribution in [3.05, 3.63) is 50.4 Å². The van der Waals surface area contributed by atoms with E-state index >= 15 is 0 Å². The van der Waals surface area contributed by atoms with Crippen LogP contribution in [0.3, 0.4) is 0 Å². The molecule has 0 atom stereocenters. The van der Waals surface area contributed by atoms with E-state index in [2.05, 4.69) is 16.9 Å². The van der Waals surface area contributed by atoms with Crippen LogP contribution in [0.2, 0.25) is 5.02 Å². The topological polar surface area (TPSA) is 66.0 Å². The Morgan fingerprint density at radius 3 is 2.81 bits per heavy atom. The lowest BCUT2D eigenvalue weighted by atomic mass is 10.0. The molecule has 2 aromatic rings. The van der Waals surface area contributed by atoms with E-state index in [1.54, 1.807) is 12.1 Å². The lowest BCUT2D eigenvalue weighted by molar-refractivity contribution is 0.475. The summed E-state index contributed by atoms with van der Waals surface area (Å²) in [7, 11) is 0. The molecule has 6 heteroatoms. The Morgan fingerprint density at radius 1 is 1.43 bits per heavy atom. The second-order valence-corrected chi connectivity index (χ2v) is 5.92. The van der Waals surface area contributed by atoms with Gasteiger partial charge < -0.3 is 10.1 Å². The van der Waals surface area contributed by atoms with Gasteiger partial charge in [-0.15, -0.1) is 0 Å². The van der Waals surface area contributed by atoms with Gasteiger partial charge in [0, 0.05) is 12.0 Å². The molecular formula is C15H17ClN2O2S. The number of aromatic amines is 1.